The first-order chi connectivity index (χ1) is 13.6. The average molecular weight is 384 g/mol. The molecule has 0 fully saturated rings. The summed E-state index contributed by atoms with van der Waals surface area (Å²) in [4.78, 5) is 8.60. The second kappa shape index (κ2) is 9.64. The summed E-state index contributed by atoms with van der Waals surface area (Å²) in [6, 6.07) is 12.5. The fraction of sp³-hybridized carbons (Fsp3) is 0.238. The van der Waals surface area contributed by atoms with E-state index in [2.05, 4.69) is 20.6 Å². The van der Waals surface area contributed by atoms with Crippen molar-refractivity contribution in [2.45, 2.75) is 12.8 Å². The molecular formula is C21H22F2N4O. The van der Waals surface area contributed by atoms with Gasteiger partial charge in [-0.1, -0.05) is 12.1 Å². The lowest BCUT2D eigenvalue weighted by atomic mass is 10.1. The Hall–Kier alpha value is -3.22. The molecule has 28 heavy (non-hydrogen) atoms. The number of guanidine groups is 1. The molecule has 2 aromatic carbocycles. The average Bonchev–Trinajstić information content (AvgIpc) is 3.17. The third kappa shape index (κ3) is 5.64. The van der Waals surface area contributed by atoms with E-state index in [1.54, 1.807) is 37.6 Å². The van der Waals surface area contributed by atoms with Crippen molar-refractivity contribution in [3.8, 4) is 11.5 Å². The Morgan fingerprint density at radius 2 is 1.54 bits per heavy atom. The number of halogens is 2. The zero-order valence-corrected chi connectivity index (χ0v) is 15.6. The summed E-state index contributed by atoms with van der Waals surface area (Å²) in [5.74, 6) is 0.629. The highest BCUT2D eigenvalue weighted by atomic mass is 19.1. The van der Waals surface area contributed by atoms with Crippen LogP contribution in [0.5, 0.6) is 0 Å². The Bertz CT molecular complexity index is 905. The number of aromatic nitrogens is 1. The number of hydrogen-bond acceptors (Lipinski definition) is 3. The van der Waals surface area contributed by atoms with Crippen LogP contribution in [0.25, 0.3) is 11.5 Å². The number of aliphatic imine (C=N–C) groups is 1. The number of oxazole rings is 1. The maximum atomic E-state index is 13.0. The van der Waals surface area contributed by atoms with Crippen LogP contribution in [0.15, 0.2) is 64.2 Å². The van der Waals surface area contributed by atoms with Gasteiger partial charge in [-0.15, -0.1) is 0 Å². The van der Waals surface area contributed by atoms with Crippen molar-refractivity contribution in [3.63, 3.8) is 0 Å². The van der Waals surface area contributed by atoms with Crippen LogP contribution in [0, 0.1) is 11.6 Å². The summed E-state index contributed by atoms with van der Waals surface area (Å²) in [5.41, 5.74) is 2.59. The van der Waals surface area contributed by atoms with E-state index in [4.69, 9.17) is 4.42 Å². The summed E-state index contributed by atoms with van der Waals surface area (Å²) in [6.07, 6.45) is 3.03. The Morgan fingerprint density at radius 3 is 2.18 bits per heavy atom. The van der Waals surface area contributed by atoms with Gasteiger partial charge in [0.05, 0.1) is 5.69 Å². The molecule has 0 aliphatic rings. The molecule has 0 spiro atoms. The molecular weight excluding hydrogens is 362 g/mol. The van der Waals surface area contributed by atoms with Crippen molar-refractivity contribution >= 4 is 5.96 Å². The van der Waals surface area contributed by atoms with Crippen LogP contribution >= 0.6 is 0 Å². The number of benzene rings is 2. The molecule has 0 bridgehead atoms. The Labute approximate surface area is 162 Å². The fourth-order valence-electron chi connectivity index (χ4n) is 2.65. The van der Waals surface area contributed by atoms with Crippen LogP contribution in [-0.4, -0.2) is 31.1 Å². The molecule has 2 N–H and O–H groups in total. The molecule has 5 nitrogen and oxygen atoms in total. The molecule has 3 rings (SSSR count). The van der Waals surface area contributed by atoms with E-state index in [1.807, 2.05) is 0 Å². The fourth-order valence-corrected chi connectivity index (χ4v) is 2.65. The molecule has 146 valence electrons. The molecule has 1 heterocycles. The van der Waals surface area contributed by atoms with Crippen LogP contribution in [0.1, 0.15) is 11.3 Å². The first kappa shape index (κ1) is 19.5. The molecule has 1 aromatic heterocycles. The predicted molar refractivity (Wildman–Crippen MR) is 105 cm³/mol. The van der Waals surface area contributed by atoms with E-state index in [9.17, 15) is 8.78 Å². The van der Waals surface area contributed by atoms with Gasteiger partial charge in [0.15, 0.2) is 5.96 Å². The highest BCUT2D eigenvalue weighted by Crippen LogP contribution is 2.18. The van der Waals surface area contributed by atoms with E-state index in [-0.39, 0.29) is 11.6 Å². The Balaban J connectivity index is 1.42. The molecule has 3 aromatic rings. The van der Waals surface area contributed by atoms with E-state index in [1.165, 1.54) is 24.3 Å². The maximum absolute atomic E-state index is 13.0. The van der Waals surface area contributed by atoms with Crippen molar-refractivity contribution < 1.29 is 13.2 Å². The minimum Gasteiger partial charge on any atom is -0.444 e. The molecule has 0 amide bonds. The third-order valence-corrected chi connectivity index (χ3v) is 4.16. The maximum Gasteiger partial charge on any atom is 0.226 e. The summed E-state index contributed by atoms with van der Waals surface area (Å²) in [6.45, 7) is 1.32. The zero-order chi connectivity index (χ0) is 19.8. The standard InChI is InChI=1S/C21H22F2N4O/c1-24-21(25-12-10-15-2-6-17(22)7-3-15)26-13-11-19-14-28-20(27-19)16-4-8-18(23)9-5-16/h2-9,14H,10-13H2,1H3,(H2,24,25,26). The van der Waals surface area contributed by atoms with E-state index < -0.39 is 0 Å². The number of rotatable bonds is 7. The Kier molecular flexibility index (Phi) is 6.73. The molecule has 7 heteroatoms. The normalized spacial score (nSPS) is 11.5. The zero-order valence-electron chi connectivity index (χ0n) is 15.6. The number of nitrogens with zero attached hydrogens (tertiary/aromatic N) is 2. The van der Waals surface area contributed by atoms with Gasteiger partial charge in [-0.05, 0) is 48.4 Å². The number of nitrogens with one attached hydrogen (secondary N) is 2. The van der Waals surface area contributed by atoms with Gasteiger partial charge in [0.1, 0.15) is 17.9 Å². The second-order valence-corrected chi connectivity index (χ2v) is 6.20. The second-order valence-electron chi connectivity index (χ2n) is 6.20. The van der Waals surface area contributed by atoms with Gasteiger partial charge in [0, 0.05) is 32.1 Å². The van der Waals surface area contributed by atoms with Crippen molar-refractivity contribution in [2.24, 2.45) is 4.99 Å². The quantitative estimate of drug-likeness (QED) is 0.483. The van der Waals surface area contributed by atoms with Crippen LogP contribution in [0.3, 0.4) is 0 Å². The highest BCUT2D eigenvalue weighted by molar-refractivity contribution is 5.79. The highest BCUT2D eigenvalue weighted by Gasteiger charge is 2.07. The smallest absolute Gasteiger partial charge is 0.226 e. The van der Waals surface area contributed by atoms with E-state index in [0.29, 0.717) is 31.4 Å². The monoisotopic (exact) mass is 384 g/mol. The molecule has 0 aliphatic heterocycles. The van der Waals surface area contributed by atoms with Gasteiger partial charge >= 0.3 is 0 Å². The van der Waals surface area contributed by atoms with Crippen molar-refractivity contribution in [1.82, 2.24) is 15.6 Å². The van der Waals surface area contributed by atoms with Crippen LogP contribution in [-0.2, 0) is 12.8 Å². The lowest BCUT2D eigenvalue weighted by Crippen LogP contribution is -2.39. The molecule has 0 unspecified atom stereocenters. The lowest BCUT2D eigenvalue weighted by Gasteiger charge is -2.11. The van der Waals surface area contributed by atoms with Gasteiger partial charge in [-0.25, -0.2) is 13.8 Å². The van der Waals surface area contributed by atoms with Gasteiger partial charge < -0.3 is 15.1 Å². The van der Waals surface area contributed by atoms with Crippen molar-refractivity contribution in [3.05, 3.63) is 77.7 Å². The van der Waals surface area contributed by atoms with E-state index in [0.717, 1.165) is 23.2 Å². The minimum absolute atomic E-state index is 0.232. The van der Waals surface area contributed by atoms with Crippen molar-refractivity contribution in [1.29, 1.82) is 0 Å². The predicted octanol–water partition coefficient (Wildman–Crippen LogP) is 3.57. The molecule has 0 aliphatic carbocycles. The molecule has 0 saturated heterocycles. The first-order valence-electron chi connectivity index (χ1n) is 9.03. The van der Waals surface area contributed by atoms with Gasteiger partial charge in [-0.2, -0.15) is 0 Å². The first-order valence-corrected chi connectivity index (χ1v) is 9.03. The molecule has 0 atom stereocenters. The van der Waals surface area contributed by atoms with Crippen LogP contribution in [0.4, 0.5) is 8.78 Å². The minimum atomic E-state index is -0.293. The van der Waals surface area contributed by atoms with Gasteiger partial charge in [-0.3, -0.25) is 4.99 Å². The third-order valence-electron chi connectivity index (χ3n) is 4.16. The van der Waals surface area contributed by atoms with Crippen LogP contribution < -0.4 is 10.6 Å². The van der Waals surface area contributed by atoms with Crippen LogP contribution in [0.2, 0.25) is 0 Å². The summed E-state index contributed by atoms with van der Waals surface area (Å²) in [7, 11) is 1.70. The van der Waals surface area contributed by atoms with Crippen molar-refractivity contribution in [2.75, 3.05) is 20.1 Å². The summed E-state index contributed by atoms with van der Waals surface area (Å²) < 4.78 is 31.4. The topological polar surface area (TPSA) is 62.5 Å². The van der Waals surface area contributed by atoms with Gasteiger partial charge in [0.25, 0.3) is 0 Å². The summed E-state index contributed by atoms with van der Waals surface area (Å²) in [5, 5.41) is 6.44. The number of hydrogen-bond donors (Lipinski definition) is 2. The lowest BCUT2D eigenvalue weighted by molar-refractivity contribution is 0.571. The molecule has 0 saturated carbocycles. The SMILES string of the molecule is CN=C(NCCc1ccc(F)cc1)NCCc1coc(-c2ccc(F)cc2)n1. The molecule has 0 radical (unpaired) electrons. The largest absolute Gasteiger partial charge is 0.444 e. The van der Waals surface area contributed by atoms with Gasteiger partial charge in [0.2, 0.25) is 5.89 Å². The Morgan fingerprint density at radius 1 is 0.929 bits per heavy atom. The summed E-state index contributed by atoms with van der Waals surface area (Å²) >= 11 is 0. The van der Waals surface area contributed by atoms with E-state index >= 15 is 0 Å².